The van der Waals surface area contributed by atoms with E-state index in [9.17, 15) is 4.79 Å². The topological polar surface area (TPSA) is 38.3 Å². The summed E-state index contributed by atoms with van der Waals surface area (Å²) < 4.78 is 5.67. The van der Waals surface area contributed by atoms with Crippen LogP contribution in [0.1, 0.15) is 43.0 Å². The van der Waals surface area contributed by atoms with E-state index in [1.165, 1.54) is 19.3 Å². The van der Waals surface area contributed by atoms with Crippen LogP contribution < -0.4 is 10.1 Å². The molecule has 0 radical (unpaired) electrons. The van der Waals surface area contributed by atoms with Crippen LogP contribution in [0, 0.1) is 0 Å². The summed E-state index contributed by atoms with van der Waals surface area (Å²) in [5, 5.41) is 3.32. The summed E-state index contributed by atoms with van der Waals surface area (Å²) in [7, 11) is 0. The second-order valence-corrected chi connectivity index (χ2v) is 5.77. The van der Waals surface area contributed by atoms with Crippen molar-refractivity contribution in [3.8, 4) is 5.75 Å². The normalized spacial score (nSPS) is 10.3. The first-order chi connectivity index (χ1) is 11.2. The molecule has 2 aromatic carbocycles. The van der Waals surface area contributed by atoms with Crippen LogP contribution in [0.15, 0.2) is 48.5 Å². The molecule has 0 aromatic heterocycles. The Morgan fingerprint density at radius 2 is 1.78 bits per heavy atom. The van der Waals surface area contributed by atoms with Gasteiger partial charge >= 0.3 is 0 Å². The van der Waals surface area contributed by atoms with Gasteiger partial charge < -0.3 is 10.1 Å². The average molecular weight is 332 g/mol. The third kappa shape index (κ3) is 5.61. The van der Waals surface area contributed by atoms with Gasteiger partial charge in [0, 0.05) is 5.56 Å². The zero-order valence-corrected chi connectivity index (χ0v) is 14.1. The van der Waals surface area contributed by atoms with Crippen LogP contribution in [0.3, 0.4) is 0 Å². The molecule has 0 saturated heterocycles. The molecule has 0 bridgehead atoms. The lowest BCUT2D eigenvalue weighted by atomic mass is 10.2. The number of hydrogen-bond donors (Lipinski definition) is 1. The van der Waals surface area contributed by atoms with E-state index in [1.54, 1.807) is 24.3 Å². The van der Waals surface area contributed by atoms with Crippen molar-refractivity contribution in [2.24, 2.45) is 0 Å². The second-order valence-electron chi connectivity index (χ2n) is 5.37. The highest BCUT2D eigenvalue weighted by Crippen LogP contribution is 2.21. The predicted octanol–water partition coefficient (Wildman–Crippen LogP) is 5.55. The van der Waals surface area contributed by atoms with E-state index in [4.69, 9.17) is 16.3 Å². The number of carbonyl (C=O) groups excluding carboxylic acids is 1. The van der Waals surface area contributed by atoms with E-state index >= 15 is 0 Å². The zero-order valence-electron chi connectivity index (χ0n) is 13.3. The Hall–Kier alpha value is -2.00. The maximum absolute atomic E-state index is 12.2. The lowest BCUT2D eigenvalue weighted by Crippen LogP contribution is -2.12. The highest BCUT2D eigenvalue weighted by Gasteiger charge is 2.08. The number of nitrogens with one attached hydrogen (secondary N) is 1. The molecule has 0 atom stereocenters. The van der Waals surface area contributed by atoms with Crippen LogP contribution in [-0.2, 0) is 0 Å². The van der Waals surface area contributed by atoms with Crippen LogP contribution in [0.2, 0.25) is 5.02 Å². The molecule has 3 nitrogen and oxygen atoms in total. The summed E-state index contributed by atoms with van der Waals surface area (Å²) in [6.07, 6.45) is 4.71. The molecule has 4 heteroatoms. The number of para-hydroxylation sites is 1. The summed E-state index contributed by atoms with van der Waals surface area (Å²) in [6, 6.07) is 14.3. The predicted molar refractivity (Wildman–Crippen MR) is 95.5 cm³/mol. The van der Waals surface area contributed by atoms with Crippen LogP contribution in [-0.4, -0.2) is 12.5 Å². The minimum absolute atomic E-state index is 0.187. The standard InChI is InChI=1S/C19H22ClNO2/c1-2-3-4-7-14-23-16-12-10-15(11-13-16)19(22)21-18-9-6-5-8-17(18)20/h5-6,8-13H,2-4,7,14H2,1H3,(H,21,22). The number of ether oxygens (including phenoxy) is 1. The monoisotopic (exact) mass is 331 g/mol. The summed E-state index contributed by atoms with van der Waals surface area (Å²) in [6.45, 7) is 2.90. The Labute approximate surface area is 142 Å². The lowest BCUT2D eigenvalue weighted by Gasteiger charge is -2.09. The molecule has 0 saturated carbocycles. The van der Waals surface area contributed by atoms with Gasteiger partial charge in [-0.15, -0.1) is 0 Å². The summed E-state index contributed by atoms with van der Waals surface area (Å²) in [5.74, 6) is 0.600. The maximum atomic E-state index is 12.2. The van der Waals surface area contributed by atoms with Gasteiger partial charge in [-0.3, -0.25) is 4.79 Å². The van der Waals surface area contributed by atoms with Gasteiger partial charge in [-0.05, 0) is 42.8 Å². The van der Waals surface area contributed by atoms with Gasteiger partial charge in [-0.25, -0.2) is 0 Å². The van der Waals surface area contributed by atoms with Gasteiger partial charge in [0.15, 0.2) is 0 Å². The van der Waals surface area contributed by atoms with Crippen molar-refractivity contribution in [1.29, 1.82) is 0 Å². The van der Waals surface area contributed by atoms with Gasteiger partial charge in [-0.1, -0.05) is 49.9 Å². The third-order valence-corrected chi connectivity index (χ3v) is 3.83. The highest BCUT2D eigenvalue weighted by molar-refractivity contribution is 6.33. The summed E-state index contributed by atoms with van der Waals surface area (Å²) >= 11 is 6.04. The van der Waals surface area contributed by atoms with Crippen LogP contribution in [0.5, 0.6) is 5.75 Å². The quantitative estimate of drug-likeness (QED) is 0.644. The molecule has 0 unspecified atom stereocenters. The minimum Gasteiger partial charge on any atom is -0.494 e. The molecular formula is C19H22ClNO2. The number of anilines is 1. The van der Waals surface area contributed by atoms with Gasteiger partial charge in [0.1, 0.15) is 5.75 Å². The fourth-order valence-electron chi connectivity index (χ4n) is 2.18. The number of carbonyl (C=O) groups is 1. The number of unbranched alkanes of at least 4 members (excludes halogenated alkanes) is 3. The van der Waals surface area contributed by atoms with Gasteiger partial charge in [0.2, 0.25) is 0 Å². The maximum Gasteiger partial charge on any atom is 0.255 e. The molecule has 23 heavy (non-hydrogen) atoms. The zero-order chi connectivity index (χ0) is 16.5. The fourth-order valence-corrected chi connectivity index (χ4v) is 2.36. The van der Waals surface area contributed by atoms with Crippen molar-refractivity contribution < 1.29 is 9.53 Å². The van der Waals surface area contributed by atoms with E-state index in [0.29, 0.717) is 22.9 Å². The SMILES string of the molecule is CCCCCCOc1ccc(C(=O)Nc2ccccc2Cl)cc1. The van der Waals surface area contributed by atoms with E-state index in [2.05, 4.69) is 12.2 Å². The Morgan fingerprint density at radius 3 is 2.48 bits per heavy atom. The first-order valence-electron chi connectivity index (χ1n) is 7.99. The lowest BCUT2D eigenvalue weighted by molar-refractivity contribution is 0.102. The molecule has 0 aliphatic rings. The molecule has 1 amide bonds. The Bertz CT molecular complexity index is 626. The first-order valence-corrected chi connectivity index (χ1v) is 8.37. The molecule has 2 rings (SSSR count). The Kier molecular flexibility index (Phi) is 6.95. The number of amides is 1. The average Bonchev–Trinajstić information content (AvgIpc) is 2.57. The van der Waals surface area contributed by atoms with Crippen LogP contribution in [0.4, 0.5) is 5.69 Å². The highest BCUT2D eigenvalue weighted by atomic mass is 35.5. The molecule has 2 aromatic rings. The molecule has 0 fully saturated rings. The van der Waals surface area contributed by atoms with Gasteiger partial charge in [0.05, 0.1) is 17.3 Å². The third-order valence-electron chi connectivity index (χ3n) is 3.51. The van der Waals surface area contributed by atoms with Crippen molar-refractivity contribution >= 4 is 23.2 Å². The van der Waals surface area contributed by atoms with E-state index < -0.39 is 0 Å². The molecule has 0 spiro atoms. The smallest absolute Gasteiger partial charge is 0.255 e. The number of rotatable bonds is 8. The van der Waals surface area contributed by atoms with E-state index in [1.807, 2.05) is 24.3 Å². The van der Waals surface area contributed by atoms with Crippen molar-refractivity contribution in [1.82, 2.24) is 0 Å². The molecule has 0 aliphatic heterocycles. The fraction of sp³-hybridized carbons (Fsp3) is 0.316. The van der Waals surface area contributed by atoms with Crippen molar-refractivity contribution in [3.05, 3.63) is 59.1 Å². The second kappa shape index (κ2) is 9.21. The van der Waals surface area contributed by atoms with Crippen LogP contribution in [0.25, 0.3) is 0 Å². The van der Waals surface area contributed by atoms with Crippen LogP contribution >= 0.6 is 11.6 Å². The number of halogens is 1. The van der Waals surface area contributed by atoms with Crippen molar-refractivity contribution in [2.75, 3.05) is 11.9 Å². The van der Waals surface area contributed by atoms with Crippen molar-refractivity contribution in [2.45, 2.75) is 32.6 Å². The molecule has 0 heterocycles. The van der Waals surface area contributed by atoms with Crippen molar-refractivity contribution in [3.63, 3.8) is 0 Å². The van der Waals surface area contributed by atoms with E-state index in [-0.39, 0.29) is 5.91 Å². The van der Waals surface area contributed by atoms with Gasteiger partial charge in [-0.2, -0.15) is 0 Å². The Balaban J connectivity index is 1.86. The minimum atomic E-state index is -0.187. The first kappa shape index (κ1) is 17.4. The molecular weight excluding hydrogens is 310 g/mol. The summed E-state index contributed by atoms with van der Waals surface area (Å²) in [4.78, 5) is 12.2. The molecule has 0 aliphatic carbocycles. The molecule has 1 N–H and O–H groups in total. The molecule has 122 valence electrons. The largest absolute Gasteiger partial charge is 0.494 e. The van der Waals surface area contributed by atoms with E-state index in [0.717, 1.165) is 12.2 Å². The Morgan fingerprint density at radius 1 is 1.04 bits per heavy atom. The van der Waals surface area contributed by atoms with Gasteiger partial charge in [0.25, 0.3) is 5.91 Å². The number of benzene rings is 2. The summed E-state index contributed by atoms with van der Waals surface area (Å²) in [5.41, 5.74) is 1.18. The number of hydrogen-bond acceptors (Lipinski definition) is 2.